The second kappa shape index (κ2) is 12.3. The summed E-state index contributed by atoms with van der Waals surface area (Å²) in [7, 11) is -3.11. The lowest BCUT2D eigenvalue weighted by atomic mass is 9.87. The predicted molar refractivity (Wildman–Crippen MR) is 157 cm³/mol. The van der Waals surface area contributed by atoms with Gasteiger partial charge in [0.25, 0.3) is 10.0 Å². The van der Waals surface area contributed by atoms with E-state index in [2.05, 4.69) is 14.7 Å². The molecule has 9 nitrogen and oxygen atoms in total. The number of carbonyl (C=O) groups is 2. The van der Waals surface area contributed by atoms with E-state index in [-0.39, 0.29) is 29.2 Å². The van der Waals surface area contributed by atoms with Gasteiger partial charge in [0.1, 0.15) is 22.2 Å². The maximum atomic E-state index is 14.3. The van der Waals surface area contributed by atoms with Crippen molar-refractivity contribution in [1.82, 2.24) is 14.9 Å². The van der Waals surface area contributed by atoms with Crippen LogP contribution in [-0.4, -0.2) is 55.2 Å². The van der Waals surface area contributed by atoms with Crippen molar-refractivity contribution in [3.05, 3.63) is 90.3 Å². The number of aromatic nitrogens is 2. The summed E-state index contributed by atoms with van der Waals surface area (Å²) in [4.78, 5) is 33.4. The SMILES string of the molecule is COc1ncc(-c2ccc3nccc(C4CCN(C(=O)/C=C/C(C)=O)CC4)c3c2)cc1NS(=O)(=O)c1ccc(F)cc1F. The van der Waals surface area contributed by atoms with Crippen LogP contribution in [-0.2, 0) is 19.6 Å². The van der Waals surface area contributed by atoms with Crippen molar-refractivity contribution >= 4 is 38.3 Å². The summed E-state index contributed by atoms with van der Waals surface area (Å²) in [5.74, 6) is -2.35. The Kier molecular flexibility index (Phi) is 8.49. The minimum Gasteiger partial charge on any atom is -0.480 e. The summed E-state index contributed by atoms with van der Waals surface area (Å²) in [6, 6.07) is 11.3. The summed E-state index contributed by atoms with van der Waals surface area (Å²) in [6.07, 6.45) is 7.34. The van der Waals surface area contributed by atoms with Crippen LogP contribution in [0.4, 0.5) is 14.5 Å². The van der Waals surface area contributed by atoms with Crippen LogP contribution >= 0.6 is 0 Å². The maximum absolute atomic E-state index is 14.3. The van der Waals surface area contributed by atoms with Crippen molar-refractivity contribution in [3.8, 4) is 17.0 Å². The van der Waals surface area contributed by atoms with E-state index in [1.54, 1.807) is 11.1 Å². The molecule has 4 aromatic rings. The third kappa shape index (κ3) is 6.54. The molecule has 0 radical (unpaired) electrons. The average molecular weight is 607 g/mol. The Morgan fingerprint density at radius 3 is 2.47 bits per heavy atom. The van der Waals surface area contributed by atoms with E-state index in [9.17, 15) is 26.8 Å². The Bertz CT molecular complexity index is 1850. The van der Waals surface area contributed by atoms with E-state index < -0.39 is 26.6 Å². The summed E-state index contributed by atoms with van der Waals surface area (Å²) >= 11 is 0. The molecule has 222 valence electrons. The lowest BCUT2D eigenvalue weighted by Gasteiger charge is -2.32. The maximum Gasteiger partial charge on any atom is 0.264 e. The van der Waals surface area contributed by atoms with Gasteiger partial charge >= 0.3 is 0 Å². The van der Waals surface area contributed by atoms with Crippen molar-refractivity contribution in [1.29, 1.82) is 0 Å². The Morgan fingerprint density at radius 1 is 1.00 bits per heavy atom. The average Bonchev–Trinajstić information content (AvgIpc) is 2.99. The number of nitrogens with one attached hydrogen (secondary N) is 1. The molecular formula is C31H28F2N4O5S. The first-order chi connectivity index (χ1) is 20.6. The topological polar surface area (TPSA) is 119 Å². The van der Waals surface area contributed by atoms with Crippen LogP contribution in [0, 0.1) is 11.6 Å². The van der Waals surface area contributed by atoms with Gasteiger partial charge in [0.15, 0.2) is 5.78 Å². The molecule has 0 unspecified atom stereocenters. The molecule has 1 saturated heterocycles. The van der Waals surface area contributed by atoms with Crippen molar-refractivity contribution in [2.24, 2.45) is 0 Å². The number of allylic oxidation sites excluding steroid dienone is 1. The molecule has 1 aliphatic heterocycles. The number of pyridine rings is 2. The van der Waals surface area contributed by atoms with Gasteiger partial charge in [0.2, 0.25) is 11.8 Å². The zero-order valence-electron chi connectivity index (χ0n) is 23.4. The minimum atomic E-state index is -4.44. The number of sulfonamides is 1. The van der Waals surface area contributed by atoms with Crippen LogP contribution < -0.4 is 9.46 Å². The first-order valence-corrected chi connectivity index (χ1v) is 14.9. The molecule has 1 fully saturated rings. The number of ether oxygens (including phenoxy) is 1. The van der Waals surface area contributed by atoms with Gasteiger partial charge in [-0.1, -0.05) is 6.07 Å². The van der Waals surface area contributed by atoms with E-state index in [1.807, 2.05) is 24.3 Å². The molecule has 1 aliphatic rings. The molecule has 43 heavy (non-hydrogen) atoms. The number of likely N-dealkylation sites (tertiary alicyclic amines) is 1. The number of carbonyl (C=O) groups excluding carboxylic acids is 2. The monoisotopic (exact) mass is 606 g/mol. The first-order valence-electron chi connectivity index (χ1n) is 13.4. The number of anilines is 1. The van der Waals surface area contributed by atoms with E-state index >= 15 is 0 Å². The molecule has 0 aliphatic carbocycles. The third-order valence-electron chi connectivity index (χ3n) is 7.29. The number of halogens is 2. The van der Waals surface area contributed by atoms with Crippen molar-refractivity contribution in [3.63, 3.8) is 0 Å². The number of ketones is 1. The number of amides is 1. The number of rotatable bonds is 8. The van der Waals surface area contributed by atoms with Gasteiger partial charge in [-0.25, -0.2) is 22.2 Å². The van der Waals surface area contributed by atoms with Crippen LogP contribution in [0.3, 0.4) is 0 Å². The summed E-state index contributed by atoms with van der Waals surface area (Å²) in [5.41, 5.74) is 3.12. The van der Waals surface area contributed by atoms with Crippen LogP contribution in [0.15, 0.2) is 78.0 Å². The summed E-state index contributed by atoms with van der Waals surface area (Å²) < 4.78 is 61.1. The molecule has 12 heteroatoms. The van der Waals surface area contributed by atoms with E-state index in [0.717, 1.165) is 47.0 Å². The molecule has 0 spiro atoms. The standard InChI is InChI=1S/C31H28F2N4O5S/c1-19(38)3-8-30(39)37-13-10-20(11-14-37)24-9-12-34-27-6-4-21(15-25(24)27)22-16-28(31(42-2)35-18-22)36-43(40,41)29-7-5-23(32)17-26(29)33/h3-9,12,15-18,20,36H,10-11,13-14H2,1-2H3/b8-3+. The highest BCUT2D eigenvalue weighted by Crippen LogP contribution is 2.36. The minimum absolute atomic E-state index is 0.0221. The smallest absolute Gasteiger partial charge is 0.264 e. The quantitative estimate of drug-likeness (QED) is 0.273. The fraction of sp³-hybridized carbons (Fsp3) is 0.226. The molecule has 0 saturated carbocycles. The molecule has 2 aromatic carbocycles. The predicted octanol–water partition coefficient (Wildman–Crippen LogP) is 5.24. The molecule has 1 N–H and O–H groups in total. The van der Waals surface area contributed by atoms with Crippen molar-refractivity contribution in [2.45, 2.75) is 30.6 Å². The van der Waals surface area contributed by atoms with E-state index in [0.29, 0.717) is 24.7 Å². The van der Waals surface area contributed by atoms with Crippen molar-refractivity contribution in [2.75, 3.05) is 24.9 Å². The Morgan fingerprint density at radius 2 is 1.77 bits per heavy atom. The van der Waals surface area contributed by atoms with Gasteiger partial charge in [-0.3, -0.25) is 19.3 Å². The fourth-order valence-electron chi connectivity index (χ4n) is 5.15. The highest BCUT2D eigenvalue weighted by atomic mass is 32.2. The van der Waals surface area contributed by atoms with E-state index in [4.69, 9.17) is 4.74 Å². The lowest BCUT2D eigenvalue weighted by Crippen LogP contribution is -2.37. The van der Waals surface area contributed by atoms with E-state index in [1.165, 1.54) is 38.4 Å². The zero-order chi connectivity index (χ0) is 30.7. The van der Waals surface area contributed by atoms with Gasteiger partial charge < -0.3 is 9.64 Å². The fourth-order valence-corrected chi connectivity index (χ4v) is 6.26. The number of benzene rings is 2. The lowest BCUT2D eigenvalue weighted by molar-refractivity contribution is -0.127. The zero-order valence-corrected chi connectivity index (χ0v) is 24.2. The van der Waals surface area contributed by atoms with Crippen LogP contribution in [0.2, 0.25) is 0 Å². The molecule has 0 bridgehead atoms. The van der Waals surface area contributed by atoms with Gasteiger partial charge in [-0.15, -0.1) is 0 Å². The Hall–Kier alpha value is -4.71. The van der Waals surface area contributed by atoms with Gasteiger partial charge in [0.05, 0.1) is 12.6 Å². The third-order valence-corrected chi connectivity index (χ3v) is 8.69. The number of methoxy groups -OCH3 is 1. The molecule has 1 amide bonds. The van der Waals surface area contributed by atoms with Gasteiger partial charge in [-0.2, -0.15) is 0 Å². The molecule has 0 atom stereocenters. The van der Waals surface area contributed by atoms with Crippen molar-refractivity contribution < 1.29 is 31.5 Å². The number of fused-ring (bicyclic) bond motifs is 1. The normalized spacial score (nSPS) is 14.3. The highest BCUT2D eigenvalue weighted by Gasteiger charge is 2.25. The number of piperidine rings is 1. The molecule has 3 heterocycles. The number of nitrogens with zero attached hydrogens (tertiary/aromatic N) is 3. The van der Waals surface area contributed by atoms with Crippen LogP contribution in [0.1, 0.15) is 31.2 Å². The number of hydrogen-bond donors (Lipinski definition) is 1. The molecule has 2 aromatic heterocycles. The summed E-state index contributed by atoms with van der Waals surface area (Å²) in [6.45, 7) is 2.50. The molecule has 5 rings (SSSR count). The second-order valence-electron chi connectivity index (χ2n) is 10.1. The van der Waals surface area contributed by atoms with Gasteiger partial charge in [-0.05, 0) is 79.3 Å². The second-order valence-corrected chi connectivity index (χ2v) is 11.8. The highest BCUT2D eigenvalue weighted by molar-refractivity contribution is 7.92. The van der Waals surface area contributed by atoms with Crippen LogP contribution in [0.25, 0.3) is 22.0 Å². The van der Waals surface area contributed by atoms with Gasteiger partial charge in [0, 0.05) is 48.6 Å². The summed E-state index contributed by atoms with van der Waals surface area (Å²) in [5, 5.41) is 0.910. The largest absolute Gasteiger partial charge is 0.480 e. The Labute approximate surface area is 247 Å². The molecular weight excluding hydrogens is 578 g/mol. The van der Waals surface area contributed by atoms with Crippen LogP contribution in [0.5, 0.6) is 5.88 Å². The number of hydrogen-bond acceptors (Lipinski definition) is 7. The first kappa shape index (κ1) is 29.8. The Balaban J connectivity index is 1.43.